The molecule has 2 aromatic carbocycles. The van der Waals surface area contributed by atoms with Crippen molar-refractivity contribution in [3.8, 4) is 11.3 Å². The number of rotatable bonds is 9. The molecule has 1 aliphatic rings. The fraction of sp³-hybridized carbons (Fsp3) is 0.258. The van der Waals surface area contributed by atoms with Crippen molar-refractivity contribution in [2.24, 2.45) is 0 Å². The molecule has 0 radical (unpaired) electrons. The van der Waals surface area contributed by atoms with Gasteiger partial charge in [0, 0.05) is 30.9 Å². The minimum atomic E-state index is -4.52. The molecular weight excluding hydrogens is 620 g/mol. The van der Waals surface area contributed by atoms with Crippen LogP contribution in [0.15, 0.2) is 90.1 Å². The van der Waals surface area contributed by atoms with Crippen LogP contribution < -0.4 is 10.6 Å². The zero-order valence-corrected chi connectivity index (χ0v) is 24.5. The Morgan fingerprint density at radius 1 is 1.04 bits per heavy atom. The molecule has 0 saturated carbocycles. The number of alkyl halides is 5. The molecule has 0 aliphatic carbocycles. The first-order valence-electron chi connectivity index (χ1n) is 13.7. The van der Waals surface area contributed by atoms with Crippen molar-refractivity contribution in [3.63, 3.8) is 0 Å². The van der Waals surface area contributed by atoms with Crippen LogP contribution in [0.25, 0.3) is 11.3 Å². The molecule has 3 atom stereocenters. The molecule has 14 heteroatoms. The van der Waals surface area contributed by atoms with E-state index >= 15 is 0 Å². The molecule has 4 aromatic rings. The first-order chi connectivity index (χ1) is 21.3. The summed E-state index contributed by atoms with van der Waals surface area (Å²) in [7, 11) is -2.16. The van der Waals surface area contributed by atoms with Gasteiger partial charge in [0.1, 0.15) is 28.7 Å². The summed E-state index contributed by atoms with van der Waals surface area (Å²) in [6, 6.07) is 14.1. The maximum Gasteiger partial charge on any atom is 0.416 e. The zero-order valence-electron chi connectivity index (χ0n) is 23.7. The number of nitrogens with one attached hydrogen (secondary N) is 2. The van der Waals surface area contributed by atoms with E-state index in [-0.39, 0.29) is 17.5 Å². The molecule has 1 fully saturated rings. The summed E-state index contributed by atoms with van der Waals surface area (Å²) in [4.78, 5) is 21.8. The van der Waals surface area contributed by atoms with Gasteiger partial charge < -0.3 is 10.6 Å². The monoisotopic (exact) mass is 647 g/mol. The maximum absolute atomic E-state index is 14.5. The first-order valence-corrected chi connectivity index (χ1v) is 14.8. The molecule has 3 unspecified atom stereocenters. The highest BCUT2D eigenvalue weighted by Crippen LogP contribution is 2.35. The summed E-state index contributed by atoms with van der Waals surface area (Å²) in [5, 5.41) is 5.86. The van der Waals surface area contributed by atoms with Crippen LogP contribution in [-0.2, 0) is 28.5 Å². The van der Waals surface area contributed by atoms with Crippen LogP contribution in [0.1, 0.15) is 36.1 Å². The van der Waals surface area contributed by atoms with E-state index in [0.29, 0.717) is 22.6 Å². The number of carbonyl (C=O) groups is 1. The minimum absolute atomic E-state index is 0.0706. The van der Waals surface area contributed by atoms with Crippen molar-refractivity contribution in [3.05, 3.63) is 108 Å². The van der Waals surface area contributed by atoms with Gasteiger partial charge >= 0.3 is 6.18 Å². The lowest BCUT2D eigenvalue weighted by Crippen LogP contribution is -2.43. The molecule has 1 amide bonds. The highest BCUT2D eigenvalue weighted by molar-refractivity contribution is 7.82. The molecule has 5 rings (SSSR count). The van der Waals surface area contributed by atoms with E-state index in [1.165, 1.54) is 24.3 Å². The smallest absolute Gasteiger partial charge is 0.364 e. The topological polar surface area (TPSA) is 87.2 Å². The molecule has 236 valence electrons. The van der Waals surface area contributed by atoms with E-state index in [2.05, 4.69) is 20.6 Å². The fourth-order valence-electron chi connectivity index (χ4n) is 4.88. The van der Waals surface area contributed by atoms with Crippen LogP contribution >= 0.6 is 0 Å². The molecule has 3 heterocycles. The lowest BCUT2D eigenvalue weighted by Gasteiger charge is -2.22. The van der Waals surface area contributed by atoms with Crippen molar-refractivity contribution in [2.45, 2.75) is 49.0 Å². The number of halogens is 6. The third-order valence-corrected chi connectivity index (χ3v) is 8.67. The van der Waals surface area contributed by atoms with Gasteiger partial charge in [-0.05, 0) is 78.7 Å². The fourth-order valence-corrected chi connectivity index (χ4v) is 6.22. The zero-order chi connectivity index (χ0) is 32.4. The average molecular weight is 648 g/mol. The second-order valence-corrected chi connectivity index (χ2v) is 12.0. The normalized spacial score (nSPS) is 17.9. The number of hydrogen-bond acceptors (Lipinski definition) is 5. The van der Waals surface area contributed by atoms with E-state index in [1.807, 2.05) is 6.92 Å². The Morgan fingerprint density at radius 3 is 2.36 bits per heavy atom. The summed E-state index contributed by atoms with van der Waals surface area (Å²) < 4.78 is 95.7. The number of benzene rings is 2. The van der Waals surface area contributed by atoms with E-state index in [9.17, 15) is 35.3 Å². The second kappa shape index (κ2) is 13.0. The molecule has 2 N–H and O–H groups in total. The van der Waals surface area contributed by atoms with Gasteiger partial charge in [0.05, 0.1) is 28.7 Å². The Labute approximate surface area is 257 Å². The van der Waals surface area contributed by atoms with Crippen molar-refractivity contribution < 1.29 is 35.3 Å². The number of anilines is 1. The Hall–Kier alpha value is -4.30. The molecule has 7 nitrogen and oxygen atoms in total. The lowest BCUT2D eigenvalue weighted by molar-refractivity contribution is -0.137. The molecule has 45 heavy (non-hydrogen) atoms. The molecule has 1 aliphatic heterocycles. The lowest BCUT2D eigenvalue weighted by atomic mass is 10.1. The Kier molecular flexibility index (Phi) is 9.26. The Balaban J connectivity index is 1.39. The molecule has 2 aromatic heterocycles. The average Bonchev–Trinajstić information content (AvgIpc) is 3.35. The number of hydrogen-bond donors (Lipinski definition) is 2. The molecular formula is C31H27F6N5O2S. The predicted molar refractivity (Wildman–Crippen MR) is 156 cm³/mol. The molecule has 0 bridgehead atoms. The Bertz CT molecular complexity index is 1670. The van der Waals surface area contributed by atoms with E-state index in [0.717, 1.165) is 34.1 Å². The van der Waals surface area contributed by atoms with Gasteiger partial charge in [-0.2, -0.15) is 13.2 Å². The van der Waals surface area contributed by atoms with Crippen LogP contribution in [-0.4, -0.2) is 42.9 Å². The second-order valence-electron chi connectivity index (χ2n) is 10.5. The van der Waals surface area contributed by atoms with Gasteiger partial charge in [0.15, 0.2) is 0 Å². The summed E-state index contributed by atoms with van der Waals surface area (Å²) >= 11 is 0. The maximum atomic E-state index is 14.5. The van der Waals surface area contributed by atoms with Gasteiger partial charge in [-0.15, -0.1) is 0 Å². The van der Waals surface area contributed by atoms with Crippen molar-refractivity contribution in [2.75, 3.05) is 11.9 Å². The van der Waals surface area contributed by atoms with Crippen LogP contribution in [0.2, 0.25) is 0 Å². The number of pyridine rings is 2. The first kappa shape index (κ1) is 32.1. The SMILES string of the molecule is CC(Nc1cc(CNC(=O)C2CC(F)(F)CN2S(=O)c2ccc(F)cc2)cc(-c2ccc(C(F)(F)F)cc2)n1)c1ccncc1. The van der Waals surface area contributed by atoms with Crippen LogP contribution in [0.4, 0.5) is 32.2 Å². The molecule has 0 spiro atoms. The number of amides is 1. The van der Waals surface area contributed by atoms with Crippen molar-refractivity contribution in [1.82, 2.24) is 19.6 Å². The Morgan fingerprint density at radius 2 is 1.71 bits per heavy atom. The summed E-state index contributed by atoms with van der Waals surface area (Å²) in [5.74, 6) is -4.32. The summed E-state index contributed by atoms with van der Waals surface area (Å²) in [6.07, 6.45) is -2.13. The quantitative estimate of drug-likeness (QED) is 0.202. The largest absolute Gasteiger partial charge is 0.416 e. The molecule has 1 saturated heterocycles. The van der Waals surface area contributed by atoms with E-state index in [1.54, 1.807) is 36.7 Å². The number of nitrogens with zero attached hydrogens (tertiary/aromatic N) is 3. The highest BCUT2D eigenvalue weighted by atomic mass is 32.2. The van der Waals surface area contributed by atoms with Gasteiger partial charge in [0.2, 0.25) is 5.91 Å². The van der Waals surface area contributed by atoms with Gasteiger partial charge in [-0.3, -0.25) is 9.78 Å². The summed E-state index contributed by atoms with van der Waals surface area (Å²) in [6.45, 7) is 0.801. The number of carbonyl (C=O) groups excluding carboxylic acids is 1. The third-order valence-electron chi connectivity index (χ3n) is 7.19. The van der Waals surface area contributed by atoms with Crippen LogP contribution in [0.3, 0.4) is 0 Å². The van der Waals surface area contributed by atoms with Crippen molar-refractivity contribution >= 4 is 22.7 Å². The number of aromatic nitrogens is 2. The third kappa shape index (κ3) is 7.87. The predicted octanol–water partition coefficient (Wildman–Crippen LogP) is 6.52. The van der Waals surface area contributed by atoms with Crippen LogP contribution in [0.5, 0.6) is 0 Å². The van der Waals surface area contributed by atoms with Gasteiger partial charge in [-0.25, -0.2) is 26.7 Å². The van der Waals surface area contributed by atoms with E-state index in [4.69, 9.17) is 0 Å². The summed E-state index contributed by atoms with van der Waals surface area (Å²) in [5.41, 5.74) is 1.24. The van der Waals surface area contributed by atoms with Gasteiger partial charge in [-0.1, -0.05) is 12.1 Å². The van der Waals surface area contributed by atoms with Crippen LogP contribution in [0, 0.1) is 5.82 Å². The highest BCUT2D eigenvalue weighted by Gasteiger charge is 2.50. The minimum Gasteiger partial charge on any atom is -0.364 e. The van der Waals surface area contributed by atoms with E-state index < -0.39 is 59.4 Å². The standard InChI is InChI=1S/C31H27F6N5O2S/c1-19(21-10-12-38-13-11-21)40-28-15-20(14-26(41-28)22-2-4-23(5-3-22)31(35,36)37)17-39-29(43)27-16-30(33,34)18-42(27)45(44)25-8-6-24(32)7-9-25/h2-15,19,27H,16-18H2,1H3,(H,39,43)(H,40,41). The van der Waals surface area contributed by atoms with Crippen molar-refractivity contribution in [1.29, 1.82) is 0 Å². The van der Waals surface area contributed by atoms with Gasteiger partial charge in [0.25, 0.3) is 5.92 Å².